The summed E-state index contributed by atoms with van der Waals surface area (Å²) in [5.74, 6) is 2.79. The average Bonchev–Trinajstić information content (AvgIpc) is 3.32. The Morgan fingerprint density at radius 3 is 2.27 bits per heavy atom. The molecule has 0 radical (unpaired) electrons. The van der Waals surface area contributed by atoms with Crippen molar-refractivity contribution in [3.63, 3.8) is 0 Å². The molecule has 7 atom stereocenters. The van der Waals surface area contributed by atoms with Gasteiger partial charge in [-0.25, -0.2) is 0 Å². The number of ether oxygens (including phenoxy) is 2. The highest BCUT2D eigenvalue weighted by Crippen LogP contribution is 2.66. The molecule has 0 aromatic rings. The SMILES string of the molecule is CC(CO)(CO)COC(=O)CCCCC1CCC2[C@@H]3CC=C4C[C@@H](OCC(C)(CO)CO)CC[C@]4(C)C3CC[C@]12C. The van der Waals surface area contributed by atoms with Crippen LogP contribution in [0.25, 0.3) is 0 Å². The molecule has 4 aliphatic rings. The van der Waals surface area contributed by atoms with Crippen molar-refractivity contribution in [3.8, 4) is 0 Å². The summed E-state index contributed by atoms with van der Waals surface area (Å²) < 4.78 is 11.6. The summed E-state index contributed by atoms with van der Waals surface area (Å²) in [5.41, 5.74) is 0.901. The van der Waals surface area contributed by atoms with Crippen molar-refractivity contribution in [2.45, 2.75) is 111 Å². The van der Waals surface area contributed by atoms with Gasteiger partial charge in [-0.15, -0.1) is 0 Å². The van der Waals surface area contributed by atoms with Crippen molar-refractivity contribution in [3.05, 3.63) is 11.6 Å². The number of aliphatic hydroxyl groups is 4. The Labute approximate surface area is 248 Å². The van der Waals surface area contributed by atoms with E-state index in [1.165, 1.54) is 44.9 Å². The average molecular weight is 579 g/mol. The van der Waals surface area contributed by atoms with Gasteiger partial charge in [-0.2, -0.15) is 0 Å². The van der Waals surface area contributed by atoms with Crippen LogP contribution in [0.2, 0.25) is 0 Å². The third-order valence-electron chi connectivity index (χ3n) is 12.2. The van der Waals surface area contributed by atoms with Gasteiger partial charge in [0.25, 0.3) is 0 Å². The Morgan fingerprint density at radius 2 is 1.59 bits per heavy atom. The molecule has 0 aromatic carbocycles. The number of carbonyl (C=O) groups is 1. The third kappa shape index (κ3) is 6.90. The van der Waals surface area contributed by atoms with E-state index in [0.717, 1.165) is 49.4 Å². The summed E-state index contributed by atoms with van der Waals surface area (Å²) in [7, 11) is 0. The molecule has 3 fully saturated rings. The molecule has 0 aliphatic heterocycles. The molecule has 0 aromatic heterocycles. The number of aliphatic hydroxyl groups excluding tert-OH is 4. The lowest BCUT2D eigenvalue weighted by molar-refractivity contribution is -0.149. The van der Waals surface area contributed by atoms with Gasteiger partial charge in [-0.05, 0) is 98.7 Å². The first-order valence-corrected chi connectivity index (χ1v) is 16.4. The van der Waals surface area contributed by atoms with E-state index in [4.69, 9.17) is 9.47 Å². The molecule has 3 unspecified atom stereocenters. The van der Waals surface area contributed by atoms with E-state index < -0.39 is 10.8 Å². The Kier molecular flexibility index (Phi) is 10.7. The highest BCUT2D eigenvalue weighted by atomic mass is 16.5. The van der Waals surface area contributed by atoms with Gasteiger partial charge < -0.3 is 29.9 Å². The van der Waals surface area contributed by atoms with Crippen molar-refractivity contribution in [2.24, 2.45) is 45.3 Å². The zero-order valence-electron chi connectivity index (χ0n) is 26.2. The molecule has 0 heterocycles. The van der Waals surface area contributed by atoms with Crippen LogP contribution < -0.4 is 0 Å². The van der Waals surface area contributed by atoms with Gasteiger partial charge in [0.05, 0.1) is 39.1 Å². The van der Waals surface area contributed by atoms with Crippen LogP contribution in [-0.4, -0.2) is 72.1 Å². The van der Waals surface area contributed by atoms with Crippen LogP contribution in [0.4, 0.5) is 0 Å². The van der Waals surface area contributed by atoms with Gasteiger partial charge in [0.15, 0.2) is 0 Å². The summed E-state index contributed by atoms with van der Waals surface area (Å²) >= 11 is 0. The standard InChI is InChI=1S/C34H58O7/c1-31(18-35,19-36)22-40-26-13-15-34(4)25(17-26)9-11-27-28-12-10-24(33(28,3)16-14-29(27)34)7-5-6-8-30(39)41-23-32(2,20-37)21-38/h9,24,26-29,35-38H,5-8,10-23H2,1-4H3/t24?,26-,27-,28?,29?,33+,34-/m0/s1. The van der Waals surface area contributed by atoms with E-state index in [-0.39, 0.29) is 50.5 Å². The minimum absolute atomic E-state index is 0.0550. The van der Waals surface area contributed by atoms with Gasteiger partial charge in [-0.3, -0.25) is 4.79 Å². The van der Waals surface area contributed by atoms with Gasteiger partial charge in [0, 0.05) is 17.3 Å². The van der Waals surface area contributed by atoms with E-state index in [0.29, 0.717) is 18.4 Å². The molecular weight excluding hydrogens is 520 g/mol. The predicted octanol–water partition coefficient (Wildman–Crippen LogP) is 5.04. The maximum Gasteiger partial charge on any atom is 0.305 e. The van der Waals surface area contributed by atoms with Crippen molar-refractivity contribution in [2.75, 3.05) is 39.6 Å². The summed E-state index contributed by atoms with van der Waals surface area (Å²) in [6.45, 7) is 8.59. The quantitative estimate of drug-likeness (QED) is 0.130. The summed E-state index contributed by atoms with van der Waals surface area (Å²) in [4.78, 5) is 12.2. The van der Waals surface area contributed by atoms with Crippen molar-refractivity contribution in [1.82, 2.24) is 0 Å². The third-order valence-corrected chi connectivity index (χ3v) is 12.2. The van der Waals surface area contributed by atoms with E-state index in [9.17, 15) is 25.2 Å². The molecule has 41 heavy (non-hydrogen) atoms. The normalized spacial score (nSPS) is 35.3. The fraction of sp³-hybridized carbons (Fsp3) is 0.912. The minimum Gasteiger partial charge on any atom is -0.465 e. The largest absolute Gasteiger partial charge is 0.465 e. The topological polar surface area (TPSA) is 116 Å². The van der Waals surface area contributed by atoms with E-state index in [2.05, 4.69) is 19.9 Å². The van der Waals surface area contributed by atoms with Gasteiger partial charge >= 0.3 is 5.97 Å². The Hall–Kier alpha value is -0.990. The lowest BCUT2D eigenvalue weighted by Crippen LogP contribution is -2.50. The zero-order valence-corrected chi connectivity index (χ0v) is 26.2. The second-order valence-corrected chi connectivity index (χ2v) is 15.4. The molecule has 0 bridgehead atoms. The fourth-order valence-electron chi connectivity index (χ4n) is 8.94. The number of rotatable bonds is 14. The predicted molar refractivity (Wildman–Crippen MR) is 159 cm³/mol. The van der Waals surface area contributed by atoms with Crippen LogP contribution in [0.3, 0.4) is 0 Å². The molecule has 0 spiro atoms. The number of fused-ring (bicyclic) bond motifs is 5. The van der Waals surface area contributed by atoms with E-state index in [1.54, 1.807) is 12.5 Å². The van der Waals surface area contributed by atoms with E-state index in [1.807, 2.05) is 6.92 Å². The Balaban J connectivity index is 1.28. The second kappa shape index (κ2) is 13.3. The molecule has 0 amide bonds. The first-order valence-electron chi connectivity index (χ1n) is 16.4. The number of esters is 1. The Morgan fingerprint density at radius 1 is 0.902 bits per heavy atom. The van der Waals surface area contributed by atoms with Crippen LogP contribution >= 0.6 is 0 Å². The van der Waals surface area contributed by atoms with Crippen molar-refractivity contribution >= 4 is 5.97 Å². The maximum atomic E-state index is 12.2. The second-order valence-electron chi connectivity index (χ2n) is 15.4. The molecule has 0 saturated heterocycles. The van der Waals surface area contributed by atoms with Crippen molar-refractivity contribution < 1.29 is 34.7 Å². The summed E-state index contributed by atoms with van der Waals surface area (Å²) in [6.07, 6.45) is 15.8. The number of carbonyl (C=O) groups excluding carboxylic acids is 1. The van der Waals surface area contributed by atoms with Crippen LogP contribution in [0.1, 0.15) is 105 Å². The smallest absolute Gasteiger partial charge is 0.305 e. The lowest BCUT2D eigenvalue weighted by atomic mass is 9.47. The number of allylic oxidation sites excluding steroid dienone is 1. The van der Waals surface area contributed by atoms with E-state index >= 15 is 0 Å². The van der Waals surface area contributed by atoms with Gasteiger partial charge in [0.1, 0.15) is 6.61 Å². The van der Waals surface area contributed by atoms with Crippen LogP contribution in [0.15, 0.2) is 11.6 Å². The lowest BCUT2D eigenvalue weighted by Gasteiger charge is -2.58. The summed E-state index contributed by atoms with van der Waals surface area (Å²) in [6, 6.07) is 0. The summed E-state index contributed by atoms with van der Waals surface area (Å²) in [5, 5.41) is 38.1. The van der Waals surface area contributed by atoms with Crippen molar-refractivity contribution in [1.29, 1.82) is 0 Å². The monoisotopic (exact) mass is 578 g/mol. The molecule has 3 saturated carbocycles. The molecule has 7 heteroatoms. The first kappa shape index (κ1) is 32.9. The molecule has 4 aliphatic carbocycles. The first-order chi connectivity index (χ1) is 19.5. The van der Waals surface area contributed by atoms with Crippen LogP contribution in [-0.2, 0) is 14.3 Å². The van der Waals surface area contributed by atoms with Crippen LogP contribution in [0, 0.1) is 45.3 Å². The number of unbranched alkanes of at least 4 members (excludes halogenated alkanes) is 1. The Bertz CT molecular complexity index is 909. The molecule has 236 valence electrons. The molecule has 4 rings (SSSR count). The molecule has 4 N–H and O–H groups in total. The zero-order chi connectivity index (χ0) is 29.9. The van der Waals surface area contributed by atoms with Gasteiger partial charge in [0.2, 0.25) is 0 Å². The molecule has 7 nitrogen and oxygen atoms in total. The fourth-order valence-corrected chi connectivity index (χ4v) is 8.94. The highest BCUT2D eigenvalue weighted by Gasteiger charge is 2.58. The van der Waals surface area contributed by atoms with Crippen LogP contribution in [0.5, 0.6) is 0 Å². The maximum absolute atomic E-state index is 12.2. The molecular formula is C34H58O7. The number of hydrogen-bond acceptors (Lipinski definition) is 7. The van der Waals surface area contributed by atoms with Gasteiger partial charge in [-0.1, -0.05) is 45.8 Å². The minimum atomic E-state index is -0.774. The highest BCUT2D eigenvalue weighted by molar-refractivity contribution is 5.69. The number of hydrogen-bond donors (Lipinski definition) is 4.